The first kappa shape index (κ1) is 18.1. The highest BCUT2D eigenvalue weighted by Gasteiger charge is 2.20. The van der Waals surface area contributed by atoms with Gasteiger partial charge in [0.2, 0.25) is 5.91 Å². The molecule has 21 heavy (non-hydrogen) atoms. The van der Waals surface area contributed by atoms with Crippen LogP contribution < -0.4 is 11.1 Å². The first-order chi connectivity index (χ1) is 9.67. The summed E-state index contributed by atoms with van der Waals surface area (Å²) in [5.74, 6) is -0.673. The summed E-state index contributed by atoms with van der Waals surface area (Å²) in [5.41, 5.74) is 6.17. The Balaban J connectivity index is 2.72. The van der Waals surface area contributed by atoms with Gasteiger partial charge in [0.1, 0.15) is 0 Å². The average Bonchev–Trinajstić information content (AvgIpc) is 2.39. The van der Waals surface area contributed by atoms with Gasteiger partial charge in [-0.15, -0.1) is 0 Å². The van der Waals surface area contributed by atoms with Crippen molar-refractivity contribution < 1.29 is 13.2 Å². The number of halogens is 2. The summed E-state index contributed by atoms with van der Waals surface area (Å²) in [6.45, 7) is 3.41. The molecule has 0 bridgehead atoms. The number of amides is 1. The van der Waals surface area contributed by atoms with Crippen LogP contribution in [0.25, 0.3) is 0 Å². The molecule has 1 aromatic rings. The molecule has 0 aromatic heterocycles. The second-order valence-corrected chi connectivity index (χ2v) is 8.10. The van der Waals surface area contributed by atoms with Crippen LogP contribution in [0.3, 0.4) is 0 Å². The van der Waals surface area contributed by atoms with Gasteiger partial charge in [-0.3, -0.25) is 4.79 Å². The van der Waals surface area contributed by atoms with Gasteiger partial charge >= 0.3 is 0 Å². The fraction of sp³-hybridized carbons (Fsp3) is 0.462. The van der Waals surface area contributed by atoms with Crippen molar-refractivity contribution in [2.45, 2.75) is 31.9 Å². The number of rotatable bonds is 6. The van der Waals surface area contributed by atoms with E-state index in [4.69, 9.17) is 28.9 Å². The molecule has 1 atom stereocenters. The third-order valence-electron chi connectivity index (χ3n) is 3.13. The van der Waals surface area contributed by atoms with E-state index < -0.39 is 21.0 Å². The van der Waals surface area contributed by atoms with E-state index in [0.29, 0.717) is 12.1 Å². The van der Waals surface area contributed by atoms with E-state index in [-0.39, 0.29) is 27.9 Å². The Bertz CT molecular complexity index is 609. The Hall–Kier alpha value is -0.980. The minimum absolute atomic E-state index is 0.149. The second-order valence-electron chi connectivity index (χ2n) is 4.74. The summed E-state index contributed by atoms with van der Waals surface area (Å²) in [4.78, 5) is 11.8. The number of nitrogens with two attached hydrogens (primary N) is 1. The van der Waals surface area contributed by atoms with Crippen molar-refractivity contribution in [3.8, 4) is 0 Å². The minimum Gasteiger partial charge on any atom is -0.399 e. The normalized spacial score (nSPS) is 13.0. The topological polar surface area (TPSA) is 89.3 Å². The summed E-state index contributed by atoms with van der Waals surface area (Å²) in [6, 6.07) is 2.91. The van der Waals surface area contributed by atoms with Crippen LogP contribution in [0.1, 0.15) is 26.7 Å². The van der Waals surface area contributed by atoms with Gasteiger partial charge in [-0.1, -0.05) is 30.1 Å². The van der Waals surface area contributed by atoms with Gasteiger partial charge < -0.3 is 11.1 Å². The van der Waals surface area contributed by atoms with Crippen LogP contribution in [0.5, 0.6) is 0 Å². The number of anilines is 2. The SMILES string of the molecule is CCC(C)S(=O)(=O)CCC(=O)Nc1c(Cl)cc(N)cc1Cl. The first-order valence-corrected chi connectivity index (χ1v) is 8.90. The highest BCUT2D eigenvalue weighted by Crippen LogP contribution is 2.32. The summed E-state index contributed by atoms with van der Waals surface area (Å²) in [5, 5.41) is 2.46. The molecule has 0 saturated heterocycles. The van der Waals surface area contributed by atoms with Gasteiger partial charge in [0.15, 0.2) is 9.84 Å². The quantitative estimate of drug-likeness (QED) is 0.769. The van der Waals surface area contributed by atoms with Crippen molar-refractivity contribution in [1.29, 1.82) is 0 Å². The zero-order valence-electron chi connectivity index (χ0n) is 11.8. The number of nitrogens with one attached hydrogen (secondary N) is 1. The molecular weight excluding hydrogens is 335 g/mol. The molecule has 0 fully saturated rings. The maximum absolute atomic E-state index is 11.8. The molecule has 0 heterocycles. The lowest BCUT2D eigenvalue weighted by atomic mass is 10.2. The van der Waals surface area contributed by atoms with Crippen LogP contribution >= 0.6 is 23.2 Å². The Morgan fingerprint density at radius 3 is 2.33 bits per heavy atom. The van der Waals surface area contributed by atoms with Crippen LogP contribution in [-0.4, -0.2) is 25.3 Å². The van der Waals surface area contributed by atoms with Crippen LogP contribution in [-0.2, 0) is 14.6 Å². The molecule has 1 aromatic carbocycles. The van der Waals surface area contributed by atoms with E-state index in [1.54, 1.807) is 13.8 Å². The van der Waals surface area contributed by atoms with Gasteiger partial charge in [0.25, 0.3) is 0 Å². The average molecular weight is 353 g/mol. The maximum Gasteiger partial charge on any atom is 0.225 e. The number of nitrogen functional groups attached to an aromatic ring is 1. The summed E-state index contributed by atoms with van der Waals surface area (Å²) < 4.78 is 23.7. The Kier molecular flexibility index (Phi) is 6.31. The minimum atomic E-state index is -3.27. The Morgan fingerprint density at radius 1 is 1.33 bits per heavy atom. The molecule has 1 unspecified atom stereocenters. The number of benzene rings is 1. The van der Waals surface area contributed by atoms with Gasteiger partial charge in [-0.2, -0.15) is 0 Å². The number of hydrogen-bond acceptors (Lipinski definition) is 4. The molecule has 0 saturated carbocycles. The molecule has 5 nitrogen and oxygen atoms in total. The predicted molar refractivity (Wildman–Crippen MR) is 87.7 cm³/mol. The molecule has 1 amide bonds. The molecule has 8 heteroatoms. The molecule has 0 aliphatic carbocycles. The third kappa shape index (κ3) is 5.05. The molecule has 118 valence electrons. The van der Waals surface area contributed by atoms with E-state index in [9.17, 15) is 13.2 Å². The third-order valence-corrected chi connectivity index (χ3v) is 6.06. The van der Waals surface area contributed by atoms with Crippen molar-refractivity contribution in [3.63, 3.8) is 0 Å². The maximum atomic E-state index is 11.8. The first-order valence-electron chi connectivity index (χ1n) is 6.43. The number of hydrogen-bond donors (Lipinski definition) is 2. The Morgan fingerprint density at radius 2 is 1.86 bits per heavy atom. The van der Waals surface area contributed by atoms with Crippen LogP contribution in [0, 0.1) is 0 Å². The molecule has 0 aliphatic rings. The standard InChI is InChI=1S/C13H18Cl2N2O3S/c1-3-8(2)21(19,20)5-4-12(18)17-13-10(14)6-9(16)7-11(13)15/h6-8H,3-5,16H2,1-2H3,(H,17,18). The summed E-state index contributed by atoms with van der Waals surface area (Å²) >= 11 is 11.9. The molecule has 0 spiro atoms. The van der Waals surface area contributed by atoms with E-state index in [1.165, 1.54) is 12.1 Å². The van der Waals surface area contributed by atoms with Crippen LogP contribution in [0.15, 0.2) is 12.1 Å². The molecule has 3 N–H and O–H groups in total. The van der Waals surface area contributed by atoms with Crippen molar-refractivity contribution >= 4 is 50.3 Å². The number of carbonyl (C=O) groups is 1. The monoisotopic (exact) mass is 352 g/mol. The fourth-order valence-electron chi connectivity index (χ4n) is 1.60. The van der Waals surface area contributed by atoms with Crippen molar-refractivity contribution in [3.05, 3.63) is 22.2 Å². The molecular formula is C13H18Cl2N2O3S. The zero-order chi connectivity index (χ0) is 16.2. The van der Waals surface area contributed by atoms with Crippen molar-refractivity contribution in [1.82, 2.24) is 0 Å². The lowest BCUT2D eigenvalue weighted by Gasteiger charge is -2.12. The smallest absolute Gasteiger partial charge is 0.225 e. The fourth-order valence-corrected chi connectivity index (χ4v) is 3.58. The van der Waals surface area contributed by atoms with Gasteiger partial charge in [-0.25, -0.2) is 8.42 Å². The lowest BCUT2D eigenvalue weighted by Crippen LogP contribution is -2.24. The largest absolute Gasteiger partial charge is 0.399 e. The van der Waals surface area contributed by atoms with Gasteiger partial charge in [0.05, 0.1) is 26.7 Å². The predicted octanol–water partition coefficient (Wildman–Crippen LogP) is 3.12. The van der Waals surface area contributed by atoms with E-state index in [2.05, 4.69) is 5.32 Å². The molecule has 0 aliphatic heterocycles. The lowest BCUT2D eigenvalue weighted by molar-refractivity contribution is -0.115. The van der Waals surface area contributed by atoms with Gasteiger partial charge in [-0.05, 0) is 25.5 Å². The molecule has 1 rings (SSSR count). The van der Waals surface area contributed by atoms with Crippen LogP contribution in [0.2, 0.25) is 10.0 Å². The molecule has 0 radical (unpaired) electrons. The Labute approximate surface area is 134 Å². The van der Waals surface area contributed by atoms with Crippen molar-refractivity contribution in [2.24, 2.45) is 0 Å². The van der Waals surface area contributed by atoms with E-state index >= 15 is 0 Å². The summed E-state index contributed by atoms with van der Waals surface area (Å²) in [6.07, 6.45) is 0.364. The van der Waals surface area contributed by atoms with Crippen LogP contribution in [0.4, 0.5) is 11.4 Å². The van der Waals surface area contributed by atoms with E-state index in [0.717, 1.165) is 0 Å². The number of sulfone groups is 1. The van der Waals surface area contributed by atoms with Gasteiger partial charge in [0, 0.05) is 12.1 Å². The number of carbonyl (C=O) groups excluding carboxylic acids is 1. The summed E-state index contributed by atoms with van der Waals surface area (Å²) in [7, 11) is -3.27. The van der Waals surface area contributed by atoms with Crippen molar-refractivity contribution in [2.75, 3.05) is 16.8 Å². The van der Waals surface area contributed by atoms with E-state index in [1.807, 2.05) is 0 Å². The highest BCUT2D eigenvalue weighted by atomic mass is 35.5. The second kappa shape index (κ2) is 7.33. The highest BCUT2D eigenvalue weighted by molar-refractivity contribution is 7.92. The zero-order valence-corrected chi connectivity index (χ0v) is 14.1.